The van der Waals surface area contributed by atoms with Crippen molar-refractivity contribution < 1.29 is 17.9 Å². The van der Waals surface area contributed by atoms with Crippen LogP contribution in [0.25, 0.3) is 12.2 Å². The molecular formula is C22H25Cl2SiZr. The Bertz CT molecular complexity index is 800. The third-order valence-electron chi connectivity index (χ3n) is 5.06. The van der Waals surface area contributed by atoms with E-state index in [0.29, 0.717) is 0 Å². The molecule has 0 N–H and O–H groups in total. The van der Waals surface area contributed by atoms with Crippen molar-refractivity contribution in [2.24, 2.45) is 0 Å². The van der Waals surface area contributed by atoms with Gasteiger partial charge in [0.25, 0.3) is 0 Å². The molecule has 0 spiro atoms. The normalized spacial score (nSPS) is 20.5. The fourth-order valence-electron chi connectivity index (χ4n) is 4.15. The maximum Gasteiger partial charge on any atom is 0.0213 e. The standard InChI is InChI=1S/2C10H9.C2H7Si.2ClH.Zr/c2*1-8-6-9-4-2-3-5-10(9)7-8;1-3-2;;;/h2*2-7H,1H3;3H,1-2H3;2*1H;/q;;;;;+2/p-2. The first-order valence-corrected chi connectivity index (χ1v) is 20.6. The van der Waals surface area contributed by atoms with E-state index < -0.39 is 17.9 Å². The van der Waals surface area contributed by atoms with E-state index in [9.17, 15) is 0 Å². The van der Waals surface area contributed by atoms with E-state index in [2.05, 4.69) is 87.6 Å². The van der Waals surface area contributed by atoms with Gasteiger partial charge < -0.3 is 0 Å². The molecule has 0 aliphatic heterocycles. The van der Waals surface area contributed by atoms with E-state index >= 15 is 0 Å². The van der Waals surface area contributed by atoms with Crippen molar-refractivity contribution in [3.8, 4) is 0 Å². The smallest absolute Gasteiger partial charge is 0.0213 e. The molecule has 2 aliphatic rings. The van der Waals surface area contributed by atoms with Crippen molar-refractivity contribution in [3.05, 3.63) is 81.9 Å². The molecule has 4 heteroatoms. The Morgan fingerprint density at radius 3 is 1.46 bits per heavy atom. The molecule has 4 rings (SSSR count). The van der Waals surface area contributed by atoms with Crippen molar-refractivity contribution in [2.45, 2.75) is 34.2 Å². The second-order valence-electron chi connectivity index (χ2n) is 7.15. The van der Waals surface area contributed by atoms with Gasteiger partial charge in [0.2, 0.25) is 0 Å². The van der Waals surface area contributed by atoms with E-state index in [4.69, 9.17) is 17.0 Å². The number of halogens is 2. The molecule has 2 aliphatic carbocycles. The van der Waals surface area contributed by atoms with Crippen LogP contribution in [0.5, 0.6) is 0 Å². The Kier molecular flexibility index (Phi) is 6.50. The Morgan fingerprint density at radius 1 is 0.731 bits per heavy atom. The summed E-state index contributed by atoms with van der Waals surface area (Å²) in [7, 11) is 15.3. The summed E-state index contributed by atoms with van der Waals surface area (Å²) in [6, 6.07) is 17.1. The third kappa shape index (κ3) is 3.63. The van der Waals surface area contributed by atoms with Gasteiger partial charge in [-0.2, -0.15) is 0 Å². The van der Waals surface area contributed by atoms with Gasteiger partial charge in [-0.1, -0.05) is 13.1 Å². The Labute approximate surface area is 171 Å². The predicted octanol–water partition coefficient (Wildman–Crippen LogP) is 7.28. The molecule has 2 aromatic rings. The zero-order valence-corrected chi connectivity index (χ0v) is 20.9. The summed E-state index contributed by atoms with van der Waals surface area (Å²) in [4.78, 5) is 0. The first kappa shape index (κ1) is 20.3. The fourth-order valence-corrected chi connectivity index (χ4v) is 18.5. The monoisotopic (exact) mass is 477 g/mol. The zero-order valence-electron chi connectivity index (χ0n) is 15.8. The molecule has 1 radical (unpaired) electrons. The van der Waals surface area contributed by atoms with E-state index in [1.54, 1.807) is 0 Å². The Balaban J connectivity index is 0.000000613. The van der Waals surface area contributed by atoms with Crippen LogP contribution in [0, 0.1) is 0 Å². The number of hydrogen-bond acceptors (Lipinski definition) is 0. The van der Waals surface area contributed by atoms with E-state index in [0.717, 1.165) is 9.52 Å². The van der Waals surface area contributed by atoms with Crippen molar-refractivity contribution >= 4 is 38.7 Å². The van der Waals surface area contributed by atoms with Gasteiger partial charge in [0.15, 0.2) is 0 Å². The largest absolute Gasteiger partial charge is 0.0743 e. The average Bonchev–Trinajstić information content (AvgIpc) is 3.11. The Morgan fingerprint density at radius 2 is 1.08 bits per heavy atom. The van der Waals surface area contributed by atoms with E-state index in [1.165, 1.54) is 33.4 Å². The molecule has 2 aromatic carbocycles. The summed E-state index contributed by atoms with van der Waals surface area (Å²) in [5.74, 6) is 0. The van der Waals surface area contributed by atoms with Crippen LogP contribution in [0.4, 0.5) is 0 Å². The molecule has 0 amide bonds. The van der Waals surface area contributed by atoms with Crippen LogP contribution in [0.3, 0.4) is 0 Å². The molecule has 0 saturated carbocycles. The van der Waals surface area contributed by atoms with Crippen LogP contribution >= 0.6 is 17.0 Å². The number of rotatable bonds is 2. The van der Waals surface area contributed by atoms with Crippen LogP contribution < -0.4 is 0 Å². The van der Waals surface area contributed by atoms with Gasteiger partial charge in [-0.15, -0.1) is 0 Å². The zero-order chi connectivity index (χ0) is 18.9. The average molecular weight is 480 g/mol. The second kappa shape index (κ2) is 8.31. The number of hydrogen-bond donors (Lipinski definition) is 0. The minimum absolute atomic E-state index is 0.225. The van der Waals surface area contributed by atoms with Crippen molar-refractivity contribution in [2.75, 3.05) is 0 Å². The number of allylic oxidation sites excluding steroid dienone is 2. The summed E-state index contributed by atoms with van der Waals surface area (Å²) < 4.78 is 0.451. The SMILES string of the molecule is CC1=Cc2ccccc2[CH]1[Zr]([Cl])([Cl])[CH]1C(C)=Cc2ccccc21.C[SiH]C. The molecule has 26 heavy (non-hydrogen) atoms. The van der Waals surface area contributed by atoms with Crippen molar-refractivity contribution in [1.29, 1.82) is 0 Å². The minimum atomic E-state index is -3.56. The second-order valence-corrected chi connectivity index (χ2v) is 23.0. The van der Waals surface area contributed by atoms with Crippen LogP contribution in [0.1, 0.15) is 43.4 Å². The molecule has 0 heterocycles. The molecule has 135 valence electrons. The molecule has 2 atom stereocenters. The molecular weight excluding hydrogens is 454 g/mol. The van der Waals surface area contributed by atoms with Gasteiger partial charge in [-0.3, -0.25) is 0 Å². The maximum atomic E-state index is 7.29. The van der Waals surface area contributed by atoms with Gasteiger partial charge in [0, 0.05) is 9.52 Å². The van der Waals surface area contributed by atoms with E-state index in [1.807, 2.05) is 0 Å². The molecule has 0 aromatic heterocycles. The Hall–Kier alpha value is -0.400. The molecule has 0 nitrogen and oxygen atoms in total. The third-order valence-corrected chi connectivity index (χ3v) is 17.8. The van der Waals surface area contributed by atoms with Crippen LogP contribution in [0.2, 0.25) is 13.1 Å². The molecule has 0 fully saturated rings. The van der Waals surface area contributed by atoms with Crippen LogP contribution in [-0.4, -0.2) is 9.52 Å². The first-order valence-electron chi connectivity index (χ1n) is 9.07. The van der Waals surface area contributed by atoms with Gasteiger partial charge in [0.1, 0.15) is 0 Å². The van der Waals surface area contributed by atoms with Crippen LogP contribution in [0.15, 0.2) is 59.7 Å². The summed E-state index contributed by atoms with van der Waals surface area (Å²) in [5.41, 5.74) is 7.86. The quantitative estimate of drug-likeness (QED) is 0.397. The van der Waals surface area contributed by atoms with Crippen LogP contribution in [-0.2, 0) is 17.9 Å². The first-order chi connectivity index (χ1) is 12.4. The molecule has 2 unspecified atom stereocenters. The maximum absolute atomic E-state index is 7.29. The van der Waals surface area contributed by atoms with Crippen molar-refractivity contribution in [3.63, 3.8) is 0 Å². The minimum Gasteiger partial charge on any atom is -0.0743 e. The van der Waals surface area contributed by atoms with Gasteiger partial charge >= 0.3 is 150 Å². The summed E-state index contributed by atoms with van der Waals surface area (Å²) in [6.45, 7) is 8.78. The van der Waals surface area contributed by atoms with Gasteiger partial charge in [0.05, 0.1) is 0 Å². The van der Waals surface area contributed by atoms with Gasteiger partial charge in [-0.05, 0) is 0 Å². The van der Waals surface area contributed by atoms with Gasteiger partial charge in [-0.25, -0.2) is 0 Å². The number of fused-ring (bicyclic) bond motifs is 2. The summed E-state index contributed by atoms with van der Waals surface area (Å²) in [6.07, 6.45) is 4.52. The summed E-state index contributed by atoms with van der Waals surface area (Å²) in [5, 5.41) is 0. The fraction of sp³-hybridized carbons (Fsp3) is 0.273. The topological polar surface area (TPSA) is 0 Å². The number of benzene rings is 2. The van der Waals surface area contributed by atoms with E-state index in [-0.39, 0.29) is 7.25 Å². The van der Waals surface area contributed by atoms with Crippen molar-refractivity contribution in [1.82, 2.24) is 0 Å². The summed E-state index contributed by atoms with van der Waals surface area (Å²) >= 11 is -3.56. The molecule has 0 bridgehead atoms. The predicted molar refractivity (Wildman–Crippen MR) is 116 cm³/mol. The molecule has 0 saturated heterocycles.